The molecule has 4 rings (SSSR count). The van der Waals surface area contributed by atoms with Crippen molar-refractivity contribution < 1.29 is 14.3 Å². The summed E-state index contributed by atoms with van der Waals surface area (Å²) >= 11 is 0. The van der Waals surface area contributed by atoms with Crippen molar-refractivity contribution in [2.45, 2.75) is 6.92 Å². The fraction of sp³-hybridized carbons (Fsp3) is 0.115. The number of hydrazone groups is 1. The number of carbonyl (C=O) groups is 1. The van der Waals surface area contributed by atoms with Gasteiger partial charge >= 0.3 is 0 Å². The molecule has 0 saturated carbocycles. The summed E-state index contributed by atoms with van der Waals surface area (Å²) in [7, 11) is 1.63. The average molecular weight is 441 g/mol. The van der Waals surface area contributed by atoms with Gasteiger partial charge < -0.3 is 9.47 Å². The number of hydrogen-bond acceptors (Lipinski definition) is 5. The van der Waals surface area contributed by atoms with Crippen LogP contribution in [0.2, 0.25) is 0 Å². The molecule has 0 spiro atoms. The number of carbonyl (C=O) groups excluding carboxylic acids is 1. The van der Waals surface area contributed by atoms with Gasteiger partial charge in [-0.25, -0.2) is 10.1 Å². The number of rotatable bonds is 8. The predicted molar refractivity (Wildman–Crippen MR) is 128 cm³/mol. The molecule has 33 heavy (non-hydrogen) atoms. The van der Waals surface area contributed by atoms with Crippen LogP contribution in [0.15, 0.2) is 90.2 Å². The van der Waals surface area contributed by atoms with Gasteiger partial charge in [-0.3, -0.25) is 4.79 Å². The Morgan fingerprint density at radius 1 is 1.03 bits per heavy atom. The van der Waals surface area contributed by atoms with Gasteiger partial charge in [0.05, 0.1) is 31.2 Å². The molecule has 0 atom stereocenters. The Labute approximate surface area is 192 Å². The molecule has 7 nitrogen and oxygen atoms in total. The number of aromatic nitrogens is 2. The fourth-order valence-electron chi connectivity index (χ4n) is 3.32. The van der Waals surface area contributed by atoms with Crippen molar-refractivity contribution in [1.82, 2.24) is 15.2 Å². The molecule has 166 valence electrons. The second-order valence-electron chi connectivity index (χ2n) is 7.07. The smallest absolute Gasteiger partial charge is 0.275 e. The highest BCUT2D eigenvalue weighted by molar-refractivity contribution is 5.98. The minimum atomic E-state index is -0.350. The third-order valence-corrected chi connectivity index (χ3v) is 4.93. The van der Waals surface area contributed by atoms with Crippen LogP contribution in [0, 0.1) is 0 Å². The van der Waals surface area contributed by atoms with Crippen molar-refractivity contribution in [3.8, 4) is 28.4 Å². The Kier molecular flexibility index (Phi) is 6.80. The monoisotopic (exact) mass is 440 g/mol. The molecule has 7 heteroatoms. The topological polar surface area (TPSA) is 77.7 Å². The summed E-state index contributed by atoms with van der Waals surface area (Å²) in [6.07, 6.45) is 3.46. The van der Waals surface area contributed by atoms with E-state index in [1.54, 1.807) is 36.2 Å². The van der Waals surface area contributed by atoms with Crippen LogP contribution in [-0.4, -0.2) is 35.6 Å². The molecule has 0 aliphatic carbocycles. The zero-order valence-corrected chi connectivity index (χ0v) is 18.4. The molecular formula is C26H24N4O3. The lowest BCUT2D eigenvalue weighted by molar-refractivity contribution is 0.0951. The molecule has 1 aromatic heterocycles. The minimum absolute atomic E-state index is 0.350. The normalized spacial score (nSPS) is 10.8. The standard InChI is InChI=1S/C26H24N4O3/c1-3-33-24-12-8-7-11-23(24)26(31)28-27-17-20-18-30(21-9-5-4-6-10-21)29-25(20)19-13-15-22(32-2)16-14-19/h4-18H,3H2,1-2H3,(H,28,31). The van der Waals surface area contributed by atoms with E-state index in [0.717, 1.165) is 28.3 Å². The van der Waals surface area contributed by atoms with Crippen LogP contribution in [-0.2, 0) is 0 Å². The van der Waals surface area contributed by atoms with E-state index in [4.69, 9.17) is 14.6 Å². The Morgan fingerprint density at radius 2 is 1.76 bits per heavy atom. The number of benzene rings is 3. The highest BCUT2D eigenvalue weighted by Crippen LogP contribution is 2.25. The third kappa shape index (κ3) is 5.10. The largest absolute Gasteiger partial charge is 0.497 e. The van der Waals surface area contributed by atoms with Crippen molar-refractivity contribution in [1.29, 1.82) is 0 Å². The van der Waals surface area contributed by atoms with Crippen LogP contribution in [0.1, 0.15) is 22.8 Å². The Hall–Kier alpha value is -4.39. The van der Waals surface area contributed by atoms with Crippen LogP contribution in [0.5, 0.6) is 11.5 Å². The second kappa shape index (κ2) is 10.3. The molecule has 0 aliphatic rings. The molecule has 1 N–H and O–H groups in total. The number of para-hydroxylation sites is 2. The molecule has 4 aromatic rings. The van der Waals surface area contributed by atoms with E-state index in [1.165, 1.54) is 0 Å². The molecule has 0 aliphatic heterocycles. The van der Waals surface area contributed by atoms with Gasteiger partial charge in [0.1, 0.15) is 17.2 Å². The highest BCUT2D eigenvalue weighted by Gasteiger charge is 2.13. The van der Waals surface area contributed by atoms with Gasteiger partial charge in [-0.2, -0.15) is 10.2 Å². The maximum Gasteiger partial charge on any atom is 0.275 e. The number of hydrogen-bond donors (Lipinski definition) is 1. The molecule has 3 aromatic carbocycles. The van der Waals surface area contributed by atoms with Gasteiger partial charge in [0, 0.05) is 17.3 Å². The molecule has 0 bridgehead atoms. The number of amides is 1. The predicted octanol–water partition coefficient (Wildman–Crippen LogP) is 4.71. The lowest BCUT2D eigenvalue weighted by Crippen LogP contribution is -2.18. The lowest BCUT2D eigenvalue weighted by atomic mass is 10.1. The first-order valence-corrected chi connectivity index (χ1v) is 10.5. The molecule has 0 radical (unpaired) electrons. The molecular weight excluding hydrogens is 416 g/mol. The van der Waals surface area contributed by atoms with E-state index in [-0.39, 0.29) is 5.91 Å². The maximum atomic E-state index is 12.6. The summed E-state index contributed by atoms with van der Waals surface area (Å²) in [6, 6.07) is 24.5. The highest BCUT2D eigenvalue weighted by atomic mass is 16.5. The first-order valence-electron chi connectivity index (χ1n) is 10.5. The summed E-state index contributed by atoms with van der Waals surface area (Å²) < 4.78 is 12.6. The van der Waals surface area contributed by atoms with Crippen molar-refractivity contribution in [3.05, 3.63) is 96.2 Å². The third-order valence-electron chi connectivity index (χ3n) is 4.93. The van der Waals surface area contributed by atoms with E-state index in [9.17, 15) is 4.79 Å². The lowest BCUT2D eigenvalue weighted by Gasteiger charge is -2.08. The van der Waals surface area contributed by atoms with Crippen LogP contribution in [0.25, 0.3) is 16.9 Å². The van der Waals surface area contributed by atoms with Crippen molar-refractivity contribution >= 4 is 12.1 Å². The zero-order valence-electron chi connectivity index (χ0n) is 18.4. The first kappa shape index (κ1) is 21.8. The van der Waals surface area contributed by atoms with Gasteiger partial charge in [0.2, 0.25) is 0 Å². The Morgan fingerprint density at radius 3 is 2.48 bits per heavy atom. The maximum absolute atomic E-state index is 12.6. The van der Waals surface area contributed by atoms with E-state index in [2.05, 4.69) is 10.5 Å². The van der Waals surface area contributed by atoms with Crippen LogP contribution >= 0.6 is 0 Å². The average Bonchev–Trinajstić information content (AvgIpc) is 3.29. The van der Waals surface area contributed by atoms with Crippen molar-refractivity contribution in [3.63, 3.8) is 0 Å². The fourth-order valence-corrected chi connectivity index (χ4v) is 3.32. The summed E-state index contributed by atoms with van der Waals surface area (Å²) in [6.45, 7) is 2.34. The number of ether oxygens (including phenoxy) is 2. The van der Waals surface area contributed by atoms with Gasteiger partial charge in [-0.05, 0) is 55.5 Å². The number of nitrogens with one attached hydrogen (secondary N) is 1. The minimum Gasteiger partial charge on any atom is -0.497 e. The quantitative estimate of drug-likeness (QED) is 0.318. The van der Waals surface area contributed by atoms with Gasteiger partial charge in [0.25, 0.3) is 5.91 Å². The van der Waals surface area contributed by atoms with Gasteiger partial charge in [0.15, 0.2) is 0 Å². The SMILES string of the molecule is CCOc1ccccc1C(=O)NN=Cc1cn(-c2ccccc2)nc1-c1ccc(OC)cc1. The molecule has 1 amide bonds. The summed E-state index contributed by atoms with van der Waals surface area (Å²) in [4.78, 5) is 12.6. The zero-order chi connectivity index (χ0) is 23.0. The van der Waals surface area contributed by atoms with Gasteiger partial charge in [-0.15, -0.1) is 0 Å². The van der Waals surface area contributed by atoms with Crippen molar-refractivity contribution in [2.75, 3.05) is 13.7 Å². The summed E-state index contributed by atoms with van der Waals surface area (Å²) in [5, 5.41) is 8.94. The number of methoxy groups -OCH3 is 1. The van der Waals surface area contributed by atoms with Crippen LogP contribution in [0.4, 0.5) is 0 Å². The van der Waals surface area contributed by atoms with E-state index >= 15 is 0 Å². The van der Waals surface area contributed by atoms with Crippen LogP contribution in [0.3, 0.4) is 0 Å². The molecule has 0 saturated heterocycles. The summed E-state index contributed by atoms with van der Waals surface area (Å²) in [5.41, 5.74) is 6.31. The van der Waals surface area contributed by atoms with Crippen molar-refractivity contribution in [2.24, 2.45) is 5.10 Å². The van der Waals surface area contributed by atoms with E-state index in [1.807, 2.05) is 73.8 Å². The van der Waals surface area contributed by atoms with E-state index < -0.39 is 0 Å². The number of nitrogens with zero attached hydrogens (tertiary/aromatic N) is 3. The second-order valence-corrected chi connectivity index (χ2v) is 7.07. The van der Waals surface area contributed by atoms with Gasteiger partial charge in [-0.1, -0.05) is 30.3 Å². The Balaban J connectivity index is 1.62. The molecule has 0 fully saturated rings. The Bertz CT molecular complexity index is 1250. The first-order chi connectivity index (χ1) is 16.2. The molecule has 1 heterocycles. The molecule has 0 unspecified atom stereocenters. The van der Waals surface area contributed by atoms with E-state index in [0.29, 0.717) is 17.9 Å². The summed E-state index contributed by atoms with van der Waals surface area (Å²) in [5.74, 6) is 0.928. The van der Waals surface area contributed by atoms with Crippen LogP contribution < -0.4 is 14.9 Å².